The Morgan fingerprint density at radius 3 is 2.50 bits per heavy atom. The average molecular weight is 223 g/mol. The molecule has 0 radical (unpaired) electrons. The Morgan fingerprint density at radius 1 is 1.31 bits per heavy atom. The van der Waals surface area contributed by atoms with E-state index in [4.69, 9.17) is 0 Å². The van der Waals surface area contributed by atoms with Crippen molar-refractivity contribution in [3.05, 3.63) is 12.2 Å². The summed E-state index contributed by atoms with van der Waals surface area (Å²) in [5.74, 6) is -1.10. The predicted octanol–water partition coefficient (Wildman–Crippen LogP) is 1.03. The van der Waals surface area contributed by atoms with Crippen molar-refractivity contribution in [3.8, 4) is 0 Å². The number of aliphatic carboxylic acids is 1. The summed E-state index contributed by atoms with van der Waals surface area (Å²) in [5, 5.41) is 12.0. The van der Waals surface area contributed by atoms with Gasteiger partial charge in [0.05, 0.1) is 5.92 Å². The minimum atomic E-state index is -0.800. The van der Waals surface area contributed by atoms with E-state index in [1.807, 2.05) is 26.0 Å². The van der Waals surface area contributed by atoms with Crippen LogP contribution in [0.15, 0.2) is 12.2 Å². The zero-order valence-corrected chi connectivity index (χ0v) is 9.51. The van der Waals surface area contributed by atoms with E-state index >= 15 is 0 Å². The molecule has 0 aromatic heterocycles. The Kier molecular flexibility index (Phi) is 2.74. The highest BCUT2D eigenvalue weighted by Crippen LogP contribution is 2.43. The average Bonchev–Trinajstić information content (AvgIpc) is 2.76. The van der Waals surface area contributed by atoms with Crippen LogP contribution >= 0.6 is 0 Å². The van der Waals surface area contributed by atoms with Gasteiger partial charge >= 0.3 is 5.97 Å². The van der Waals surface area contributed by atoms with Crippen LogP contribution < -0.4 is 5.32 Å². The highest BCUT2D eigenvalue weighted by molar-refractivity contribution is 5.80. The van der Waals surface area contributed by atoms with Crippen LogP contribution in [-0.4, -0.2) is 23.0 Å². The third kappa shape index (κ3) is 1.72. The Balaban J connectivity index is 2.11. The highest BCUT2D eigenvalue weighted by Gasteiger charge is 2.48. The second-order valence-electron chi connectivity index (χ2n) is 5.00. The largest absolute Gasteiger partial charge is 0.481 e. The van der Waals surface area contributed by atoms with Gasteiger partial charge in [0.25, 0.3) is 0 Å². The molecule has 0 aliphatic heterocycles. The topological polar surface area (TPSA) is 66.4 Å². The van der Waals surface area contributed by atoms with Crippen LogP contribution in [0.5, 0.6) is 0 Å². The maximum Gasteiger partial charge on any atom is 0.309 e. The molecule has 0 aromatic rings. The van der Waals surface area contributed by atoms with Gasteiger partial charge in [-0.3, -0.25) is 9.59 Å². The van der Waals surface area contributed by atoms with E-state index in [0.717, 1.165) is 6.42 Å². The second kappa shape index (κ2) is 3.92. The first kappa shape index (κ1) is 11.2. The van der Waals surface area contributed by atoms with Gasteiger partial charge in [-0.1, -0.05) is 26.0 Å². The fraction of sp³-hybridized carbons (Fsp3) is 0.667. The number of amides is 1. The van der Waals surface area contributed by atoms with Gasteiger partial charge in [-0.05, 0) is 18.3 Å². The first-order valence-electron chi connectivity index (χ1n) is 5.72. The number of rotatable bonds is 3. The number of carboxylic acid groups (broad SMARTS) is 1. The lowest BCUT2D eigenvalue weighted by molar-refractivity contribution is -0.143. The summed E-state index contributed by atoms with van der Waals surface area (Å²) in [5.41, 5.74) is 0. The number of nitrogens with one attached hydrogen (secondary N) is 1. The molecule has 2 bridgehead atoms. The molecule has 0 spiro atoms. The minimum absolute atomic E-state index is 0.0581. The third-order valence-electron chi connectivity index (χ3n) is 3.58. The van der Waals surface area contributed by atoms with E-state index in [-0.39, 0.29) is 29.7 Å². The predicted molar refractivity (Wildman–Crippen MR) is 58.6 cm³/mol. The lowest BCUT2D eigenvalue weighted by Gasteiger charge is -2.26. The molecule has 0 saturated heterocycles. The molecule has 2 N–H and O–H groups in total. The molecule has 2 aliphatic rings. The maximum absolute atomic E-state index is 11.6. The summed E-state index contributed by atoms with van der Waals surface area (Å²) in [6, 6.07) is -0.220. The number of carbonyl (C=O) groups is 2. The first-order valence-corrected chi connectivity index (χ1v) is 5.72. The van der Waals surface area contributed by atoms with Crippen molar-refractivity contribution in [3.63, 3.8) is 0 Å². The van der Waals surface area contributed by atoms with Crippen molar-refractivity contribution in [1.82, 2.24) is 5.32 Å². The van der Waals surface area contributed by atoms with Gasteiger partial charge < -0.3 is 10.4 Å². The van der Waals surface area contributed by atoms with Gasteiger partial charge in [0.2, 0.25) is 5.91 Å². The molecule has 2 aliphatic carbocycles. The van der Waals surface area contributed by atoms with Crippen LogP contribution in [0.25, 0.3) is 0 Å². The zero-order valence-electron chi connectivity index (χ0n) is 9.51. The van der Waals surface area contributed by atoms with Crippen molar-refractivity contribution in [2.75, 3.05) is 0 Å². The van der Waals surface area contributed by atoms with Crippen molar-refractivity contribution < 1.29 is 14.7 Å². The van der Waals surface area contributed by atoms with Crippen LogP contribution in [0.3, 0.4) is 0 Å². The number of hydrogen-bond donors (Lipinski definition) is 2. The molecule has 4 atom stereocenters. The third-order valence-corrected chi connectivity index (χ3v) is 3.58. The molecule has 2 rings (SSSR count). The van der Waals surface area contributed by atoms with E-state index in [2.05, 4.69) is 5.32 Å². The fourth-order valence-corrected chi connectivity index (χ4v) is 2.69. The van der Waals surface area contributed by atoms with E-state index in [9.17, 15) is 14.7 Å². The molecule has 4 heteroatoms. The Hall–Kier alpha value is -1.32. The summed E-state index contributed by atoms with van der Waals surface area (Å²) in [6.45, 7) is 3.63. The molecule has 0 heterocycles. The molecule has 4 nitrogen and oxygen atoms in total. The van der Waals surface area contributed by atoms with Crippen molar-refractivity contribution in [2.45, 2.75) is 26.3 Å². The smallest absolute Gasteiger partial charge is 0.309 e. The Bertz CT molecular complexity index is 348. The highest BCUT2D eigenvalue weighted by atomic mass is 16.4. The van der Waals surface area contributed by atoms with Gasteiger partial charge in [-0.2, -0.15) is 0 Å². The van der Waals surface area contributed by atoms with Gasteiger partial charge in [0.15, 0.2) is 0 Å². The Labute approximate surface area is 94.7 Å². The van der Waals surface area contributed by atoms with Crippen LogP contribution in [0, 0.1) is 23.7 Å². The van der Waals surface area contributed by atoms with Crippen LogP contribution in [-0.2, 0) is 9.59 Å². The monoisotopic (exact) mass is 223 g/mol. The zero-order chi connectivity index (χ0) is 11.9. The van der Waals surface area contributed by atoms with Gasteiger partial charge in [0, 0.05) is 12.0 Å². The van der Waals surface area contributed by atoms with Crippen LogP contribution in [0.4, 0.5) is 0 Å². The molecule has 0 unspecified atom stereocenters. The summed E-state index contributed by atoms with van der Waals surface area (Å²) < 4.78 is 0. The van der Waals surface area contributed by atoms with Crippen molar-refractivity contribution in [1.29, 1.82) is 0 Å². The summed E-state index contributed by atoms with van der Waals surface area (Å²) >= 11 is 0. The molecular formula is C12H17NO3. The first-order chi connectivity index (χ1) is 7.50. The summed E-state index contributed by atoms with van der Waals surface area (Å²) in [7, 11) is 0. The Morgan fingerprint density at radius 2 is 1.94 bits per heavy atom. The SMILES string of the molecule is CC(C)C(=O)N[C@H]1[C@@H](C(=O)O)[C@H]2C=C[C@@H]1C2. The van der Waals surface area contributed by atoms with Gasteiger partial charge in [-0.15, -0.1) is 0 Å². The number of fused-ring (bicyclic) bond motifs is 2. The number of carbonyl (C=O) groups excluding carboxylic acids is 1. The molecule has 16 heavy (non-hydrogen) atoms. The second-order valence-corrected chi connectivity index (χ2v) is 5.00. The minimum Gasteiger partial charge on any atom is -0.481 e. The van der Waals surface area contributed by atoms with Gasteiger partial charge in [-0.25, -0.2) is 0 Å². The molecule has 1 fully saturated rings. The summed E-state index contributed by atoms with van der Waals surface area (Å²) in [4.78, 5) is 22.8. The number of carboxylic acids is 1. The van der Waals surface area contributed by atoms with Crippen LogP contribution in [0.1, 0.15) is 20.3 Å². The van der Waals surface area contributed by atoms with E-state index in [1.165, 1.54) is 0 Å². The molecule has 88 valence electrons. The van der Waals surface area contributed by atoms with E-state index < -0.39 is 11.9 Å². The standard InChI is InChI=1S/C12H17NO3/c1-6(2)11(14)13-10-8-4-3-7(5-8)9(10)12(15)16/h3-4,6-10H,5H2,1-2H3,(H,13,14)(H,15,16)/t7-,8+,9-,10+/m0/s1. The summed E-state index contributed by atoms with van der Waals surface area (Å²) in [6.07, 6.45) is 4.87. The van der Waals surface area contributed by atoms with Crippen LogP contribution in [0.2, 0.25) is 0 Å². The fourth-order valence-electron chi connectivity index (χ4n) is 2.69. The van der Waals surface area contributed by atoms with Gasteiger partial charge in [0.1, 0.15) is 0 Å². The molecule has 0 aromatic carbocycles. The number of hydrogen-bond acceptors (Lipinski definition) is 2. The van der Waals surface area contributed by atoms with E-state index in [0.29, 0.717) is 0 Å². The quantitative estimate of drug-likeness (QED) is 0.702. The molecule has 1 amide bonds. The lowest BCUT2D eigenvalue weighted by atomic mass is 9.88. The van der Waals surface area contributed by atoms with Crippen molar-refractivity contribution >= 4 is 11.9 Å². The maximum atomic E-state index is 11.6. The normalized spacial score (nSPS) is 35.7. The lowest BCUT2D eigenvalue weighted by Crippen LogP contribution is -2.47. The molecule has 1 saturated carbocycles. The number of allylic oxidation sites excluding steroid dienone is 1. The molecular weight excluding hydrogens is 206 g/mol. The van der Waals surface area contributed by atoms with E-state index in [1.54, 1.807) is 0 Å². The van der Waals surface area contributed by atoms with Crippen molar-refractivity contribution in [2.24, 2.45) is 23.7 Å².